The van der Waals surface area contributed by atoms with Gasteiger partial charge in [-0.05, 0) is 75.3 Å². The van der Waals surface area contributed by atoms with Crippen LogP contribution in [0.25, 0.3) is 11.5 Å². The van der Waals surface area contributed by atoms with Crippen LogP contribution in [0.15, 0.2) is 42.6 Å². The molecule has 1 aliphatic heterocycles. The molecule has 4 atom stereocenters. The van der Waals surface area contributed by atoms with Crippen molar-refractivity contribution in [3.8, 4) is 35.7 Å². The van der Waals surface area contributed by atoms with Crippen molar-refractivity contribution in [2.75, 3.05) is 27.2 Å². The van der Waals surface area contributed by atoms with Crippen LogP contribution in [0.3, 0.4) is 0 Å². The smallest absolute Gasteiger partial charge is 0.269 e. The second-order valence-corrected chi connectivity index (χ2v) is 14.9. The van der Waals surface area contributed by atoms with E-state index in [2.05, 4.69) is 32.9 Å². The van der Waals surface area contributed by atoms with Crippen LogP contribution >= 0.6 is 0 Å². The van der Waals surface area contributed by atoms with Crippen molar-refractivity contribution in [2.45, 2.75) is 69.5 Å². The number of carbonyl (C=O) groups excluding carboxylic acids is 4. The van der Waals surface area contributed by atoms with Gasteiger partial charge in [-0.1, -0.05) is 23.8 Å². The Balaban J connectivity index is 0.000000169. The molecule has 4 aromatic rings. The minimum atomic E-state index is -2.67. The highest BCUT2D eigenvalue weighted by atomic mass is 19.3. The number of hydrogen-bond donors (Lipinski definition) is 4. The lowest BCUT2D eigenvalue weighted by atomic mass is 9.95. The second kappa shape index (κ2) is 17.6. The third-order valence-electron chi connectivity index (χ3n) is 10.9. The van der Waals surface area contributed by atoms with Gasteiger partial charge in [-0.25, -0.2) is 23.1 Å². The Bertz CT molecular complexity index is 2360. The molecule has 4 aliphatic rings. The van der Waals surface area contributed by atoms with E-state index in [1.807, 2.05) is 0 Å². The predicted molar refractivity (Wildman–Crippen MR) is 210 cm³/mol. The van der Waals surface area contributed by atoms with Crippen LogP contribution in [0.1, 0.15) is 80.3 Å². The molecule has 1 saturated heterocycles. The summed E-state index contributed by atoms with van der Waals surface area (Å²) in [5, 5.41) is 27.4. The molecule has 17 heteroatoms. The zero-order valence-corrected chi connectivity index (χ0v) is 32.6. The Morgan fingerprint density at radius 1 is 1.03 bits per heavy atom. The van der Waals surface area contributed by atoms with Gasteiger partial charge < -0.3 is 31.5 Å². The third kappa shape index (κ3) is 9.17. The molecular weight excluding hydrogens is 765 g/mol. The zero-order valence-electron chi connectivity index (χ0n) is 32.6. The number of aromatic nitrogens is 5. The van der Waals surface area contributed by atoms with E-state index >= 15 is 0 Å². The van der Waals surface area contributed by atoms with Crippen LogP contribution in [-0.4, -0.2) is 114 Å². The van der Waals surface area contributed by atoms with Crippen LogP contribution in [0.2, 0.25) is 0 Å². The molecule has 2 fully saturated rings. The fourth-order valence-corrected chi connectivity index (χ4v) is 7.51. The number of primary amides is 2. The van der Waals surface area contributed by atoms with Crippen molar-refractivity contribution in [1.82, 2.24) is 34.3 Å². The van der Waals surface area contributed by atoms with Gasteiger partial charge in [0.05, 0.1) is 11.4 Å². The molecule has 0 bridgehead atoms. The summed E-state index contributed by atoms with van der Waals surface area (Å²) in [6.45, 7) is 1.12. The number of hydrogen-bond acceptors (Lipinski definition) is 9. The van der Waals surface area contributed by atoms with Crippen molar-refractivity contribution in [1.29, 1.82) is 0 Å². The van der Waals surface area contributed by atoms with Crippen molar-refractivity contribution in [2.24, 2.45) is 23.3 Å². The van der Waals surface area contributed by atoms with E-state index in [1.54, 1.807) is 61.4 Å². The number of likely N-dealkylation sites (tertiary alicyclic amines) is 1. The number of aliphatic hydroxyl groups excluding tert-OH is 2. The van der Waals surface area contributed by atoms with Gasteiger partial charge in [0.25, 0.3) is 23.6 Å². The Morgan fingerprint density at radius 2 is 1.73 bits per heavy atom. The van der Waals surface area contributed by atoms with Crippen LogP contribution in [0, 0.1) is 36.0 Å². The average molecular weight is 810 g/mol. The maximum atomic E-state index is 13.8. The number of carbonyl (C=O) groups is 4. The van der Waals surface area contributed by atoms with Crippen LogP contribution < -0.4 is 11.5 Å². The van der Waals surface area contributed by atoms with Gasteiger partial charge in [0.1, 0.15) is 12.2 Å². The van der Waals surface area contributed by atoms with Crippen molar-refractivity contribution < 1.29 is 38.2 Å². The first kappa shape index (κ1) is 42.2. The fraction of sp³-hybridized carbons (Fsp3) is 0.405. The highest BCUT2D eigenvalue weighted by molar-refractivity contribution is 5.93. The number of pyridine rings is 1. The minimum Gasteiger partial charge on any atom is -0.383 e. The van der Waals surface area contributed by atoms with E-state index in [9.17, 15) is 33.1 Å². The molecule has 3 aliphatic carbocycles. The van der Waals surface area contributed by atoms with Crippen LogP contribution in [-0.2, 0) is 35.3 Å². The number of terminal acetylenes is 1. The standard InChI is InChI=1S/C20H23N5O3.C17H13F2N3O.C5H9NO2/c1-24(13-26)11-9-15(27)7-6-14-8-10-22-18(12-14)25-17-5-3-2-4-16(17)19(23-25)20(21)28;1-2-9-4-3-5-10(6-9)22-14-8-13-12(17(13,18)19)7-11(14)15(21-22)16(20)23;1-6-3-2-4(7)5(6)8/h8,10,12-13,15,27H,2-5,9,11H2,1H3,(H2,21,28);1,3-6,12-13H,7-8H2,(H2,20,23);4,7H,2-3H2,1H3/t15-;12?,13-;4-/m010/s1. The molecular formula is C42H45F2N9O6. The molecule has 4 heterocycles. The topological polar surface area (TPSA) is 216 Å². The van der Waals surface area contributed by atoms with Gasteiger partial charge in [-0.3, -0.25) is 19.2 Å². The second-order valence-electron chi connectivity index (χ2n) is 14.9. The molecule has 0 radical (unpaired) electrons. The van der Waals surface area contributed by atoms with Crippen LogP contribution in [0.5, 0.6) is 0 Å². The van der Waals surface area contributed by atoms with Gasteiger partial charge >= 0.3 is 0 Å². The van der Waals surface area contributed by atoms with E-state index in [-0.39, 0.29) is 24.4 Å². The Morgan fingerprint density at radius 3 is 2.37 bits per heavy atom. The molecule has 1 saturated carbocycles. The van der Waals surface area contributed by atoms with Gasteiger partial charge in [0, 0.05) is 79.6 Å². The normalized spacial score (nSPS) is 19.7. The lowest BCUT2D eigenvalue weighted by Gasteiger charge is -2.13. The SMILES string of the molecule is C#Cc1cccc(-n2nc(C(N)=O)c3c2C[C@@H]2C(C3)C2(F)F)c1.CN(C=O)CC[C@@H](O)C#Cc1ccnc(-n2nc(C(N)=O)c3c2CCCC3)c1.CN1CC[C@H](O)C1=O. The number of nitrogens with zero attached hydrogens (tertiary/aromatic N) is 7. The lowest BCUT2D eigenvalue weighted by Crippen LogP contribution is -2.24. The highest BCUT2D eigenvalue weighted by Gasteiger charge is 2.69. The fourth-order valence-electron chi connectivity index (χ4n) is 7.51. The van der Waals surface area contributed by atoms with E-state index in [1.165, 1.54) is 14.5 Å². The Labute approximate surface area is 339 Å². The number of benzene rings is 1. The molecule has 1 unspecified atom stereocenters. The average Bonchev–Trinajstić information content (AvgIpc) is 3.61. The van der Waals surface area contributed by atoms with E-state index in [0.717, 1.165) is 36.9 Å². The number of rotatable bonds is 8. The summed E-state index contributed by atoms with van der Waals surface area (Å²) in [5.74, 6) is 3.36. The molecule has 59 heavy (non-hydrogen) atoms. The van der Waals surface area contributed by atoms with E-state index < -0.39 is 41.8 Å². The summed E-state index contributed by atoms with van der Waals surface area (Å²) in [7, 11) is 3.34. The van der Waals surface area contributed by atoms with E-state index in [4.69, 9.17) is 23.0 Å². The van der Waals surface area contributed by atoms with Gasteiger partial charge in [0.15, 0.2) is 17.2 Å². The summed E-state index contributed by atoms with van der Waals surface area (Å²) in [4.78, 5) is 51.9. The lowest BCUT2D eigenvalue weighted by molar-refractivity contribution is -0.133. The van der Waals surface area contributed by atoms with Gasteiger partial charge in [-0.15, -0.1) is 6.42 Å². The Kier molecular flexibility index (Phi) is 12.6. The first-order chi connectivity index (χ1) is 28.1. The molecule has 4 amide bonds. The maximum Gasteiger partial charge on any atom is 0.269 e. The summed E-state index contributed by atoms with van der Waals surface area (Å²) in [6.07, 6.45) is 11.1. The van der Waals surface area contributed by atoms with Gasteiger partial charge in [-0.2, -0.15) is 10.2 Å². The number of nitrogens with two attached hydrogens (primary N) is 2. The number of aliphatic hydroxyl groups is 2. The number of alkyl halides is 2. The molecule has 3 aromatic heterocycles. The summed E-state index contributed by atoms with van der Waals surface area (Å²) in [5.41, 5.74) is 16.3. The van der Waals surface area contributed by atoms with Crippen LogP contribution in [0.4, 0.5) is 8.78 Å². The van der Waals surface area contributed by atoms with Gasteiger partial charge in [0.2, 0.25) is 6.41 Å². The predicted octanol–water partition coefficient (Wildman–Crippen LogP) is 1.58. The number of halogens is 2. The summed E-state index contributed by atoms with van der Waals surface area (Å²) >= 11 is 0. The summed E-state index contributed by atoms with van der Waals surface area (Å²) in [6, 6.07) is 10.5. The van der Waals surface area contributed by atoms with Crippen molar-refractivity contribution >= 4 is 24.1 Å². The van der Waals surface area contributed by atoms with Crippen molar-refractivity contribution in [3.05, 3.63) is 87.6 Å². The maximum absolute atomic E-state index is 13.8. The quantitative estimate of drug-likeness (QED) is 0.150. The third-order valence-corrected chi connectivity index (χ3v) is 10.9. The van der Waals surface area contributed by atoms with Crippen molar-refractivity contribution in [3.63, 3.8) is 0 Å². The Hall–Kier alpha value is -6.43. The first-order valence-electron chi connectivity index (χ1n) is 19.1. The summed E-state index contributed by atoms with van der Waals surface area (Å²) < 4.78 is 30.7. The first-order valence-corrected chi connectivity index (χ1v) is 19.1. The monoisotopic (exact) mass is 809 g/mol. The molecule has 6 N–H and O–H groups in total. The highest BCUT2D eigenvalue weighted by Crippen LogP contribution is 2.61. The largest absolute Gasteiger partial charge is 0.383 e. The molecule has 1 aromatic carbocycles. The molecule has 8 rings (SSSR count). The molecule has 15 nitrogen and oxygen atoms in total. The zero-order chi connectivity index (χ0) is 42.6. The van der Waals surface area contributed by atoms with E-state index in [0.29, 0.717) is 71.9 Å². The number of fused-ring (bicyclic) bond motifs is 3. The molecule has 308 valence electrons. The number of likely N-dealkylation sites (N-methyl/N-ethyl adjacent to an activating group) is 1. The molecule has 0 spiro atoms. The minimum absolute atomic E-state index is 0.0762. The number of amides is 4.